The molecule has 0 aliphatic carbocycles. The Morgan fingerprint density at radius 2 is 1.85 bits per heavy atom. The lowest BCUT2D eigenvalue weighted by Crippen LogP contribution is -1.99. The summed E-state index contributed by atoms with van der Waals surface area (Å²) in [6.45, 7) is 0. The zero-order chi connectivity index (χ0) is 14.7. The molecule has 0 fully saturated rings. The van der Waals surface area contributed by atoms with Gasteiger partial charge < -0.3 is 9.84 Å². The van der Waals surface area contributed by atoms with Gasteiger partial charge in [-0.1, -0.05) is 11.6 Å². The van der Waals surface area contributed by atoms with Gasteiger partial charge in [0, 0.05) is 23.2 Å². The van der Waals surface area contributed by atoms with E-state index in [9.17, 15) is 14.9 Å². The number of rotatable bonds is 4. The number of benzene rings is 2. The molecule has 0 unspecified atom stereocenters. The van der Waals surface area contributed by atoms with Crippen molar-refractivity contribution in [2.75, 3.05) is 0 Å². The third kappa shape index (κ3) is 3.04. The van der Waals surface area contributed by atoms with Gasteiger partial charge >= 0.3 is 5.97 Å². The van der Waals surface area contributed by atoms with E-state index in [0.717, 1.165) is 0 Å². The first-order valence-corrected chi connectivity index (χ1v) is 5.80. The average Bonchev–Trinajstić information content (AvgIpc) is 2.39. The number of carboxylic acids is 1. The molecular weight excluding hydrogens is 286 g/mol. The van der Waals surface area contributed by atoms with Crippen LogP contribution in [0.5, 0.6) is 11.5 Å². The van der Waals surface area contributed by atoms with Gasteiger partial charge in [-0.2, -0.15) is 0 Å². The highest BCUT2D eigenvalue weighted by atomic mass is 35.5. The number of ether oxygens (including phenoxy) is 1. The molecule has 1 N–H and O–H groups in total. The first-order chi connectivity index (χ1) is 9.47. The van der Waals surface area contributed by atoms with Gasteiger partial charge in [-0.3, -0.25) is 10.1 Å². The van der Waals surface area contributed by atoms with Gasteiger partial charge in [0.05, 0.1) is 4.92 Å². The number of carboxylic acid groups (broad SMARTS) is 1. The molecule has 0 atom stereocenters. The number of aromatic carboxylic acids is 1. The van der Waals surface area contributed by atoms with E-state index in [1.165, 1.54) is 42.5 Å². The first kappa shape index (κ1) is 13.8. The van der Waals surface area contributed by atoms with Gasteiger partial charge in [-0.15, -0.1) is 0 Å². The molecule has 102 valence electrons. The van der Waals surface area contributed by atoms with E-state index >= 15 is 0 Å². The Bertz CT molecular complexity index is 669. The van der Waals surface area contributed by atoms with Crippen LogP contribution in [-0.2, 0) is 0 Å². The van der Waals surface area contributed by atoms with Gasteiger partial charge in [0.1, 0.15) is 17.1 Å². The predicted octanol–water partition coefficient (Wildman–Crippen LogP) is 3.74. The molecule has 0 spiro atoms. The SMILES string of the molecule is O=C(O)c1ccc(Cl)cc1Oc1ccc([N+](=O)[O-])cc1. The van der Waals surface area contributed by atoms with E-state index in [1.54, 1.807) is 0 Å². The van der Waals surface area contributed by atoms with E-state index in [-0.39, 0.29) is 22.7 Å². The number of nitrogens with zero attached hydrogens (tertiary/aromatic N) is 1. The summed E-state index contributed by atoms with van der Waals surface area (Å²) in [6, 6.07) is 9.42. The van der Waals surface area contributed by atoms with Crippen molar-refractivity contribution in [1.82, 2.24) is 0 Å². The minimum Gasteiger partial charge on any atom is -0.478 e. The fraction of sp³-hybridized carbons (Fsp3) is 0. The van der Waals surface area contributed by atoms with E-state index in [1.807, 2.05) is 0 Å². The van der Waals surface area contributed by atoms with Crippen molar-refractivity contribution in [2.45, 2.75) is 0 Å². The molecule has 0 aliphatic heterocycles. The summed E-state index contributed by atoms with van der Waals surface area (Å²) in [5.41, 5.74) is -0.130. The minimum atomic E-state index is -1.15. The number of nitro benzene ring substituents is 1. The molecule has 2 aromatic carbocycles. The van der Waals surface area contributed by atoms with Gasteiger partial charge in [-0.25, -0.2) is 4.79 Å². The number of hydrogen-bond donors (Lipinski definition) is 1. The largest absolute Gasteiger partial charge is 0.478 e. The molecule has 0 radical (unpaired) electrons. The molecule has 20 heavy (non-hydrogen) atoms. The Morgan fingerprint density at radius 1 is 1.20 bits per heavy atom. The third-order valence-electron chi connectivity index (χ3n) is 2.45. The Morgan fingerprint density at radius 3 is 2.40 bits per heavy atom. The Kier molecular flexibility index (Phi) is 3.86. The molecule has 2 aromatic rings. The molecule has 2 rings (SSSR count). The smallest absolute Gasteiger partial charge is 0.339 e. The second kappa shape index (κ2) is 5.58. The van der Waals surface area contributed by atoms with Crippen molar-refractivity contribution in [2.24, 2.45) is 0 Å². The first-order valence-electron chi connectivity index (χ1n) is 5.42. The van der Waals surface area contributed by atoms with Crippen LogP contribution in [0.4, 0.5) is 5.69 Å². The highest BCUT2D eigenvalue weighted by molar-refractivity contribution is 6.30. The van der Waals surface area contributed by atoms with Crippen LogP contribution >= 0.6 is 11.6 Å². The van der Waals surface area contributed by atoms with Gasteiger partial charge in [0.15, 0.2) is 0 Å². The molecule has 0 aromatic heterocycles. The van der Waals surface area contributed by atoms with E-state index < -0.39 is 10.9 Å². The number of non-ortho nitro benzene ring substituents is 1. The van der Waals surface area contributed by atoms with Crippen LogP contribution in [0.2, 0.25) is 5.02 Å². The van der Waals surface area contributed by atoms with Crippen LogP contribution in [0.15, 0.2) is 42.5 Å². The predicted molar refractivity (Wildman–Crippen MR) is 71.6 cm³/mol. The van der Waals surface area contributed by atoms with E-state index in [0.29, 0.717) is 5.02 Å². The monoisotopic (exact) mass is 293 g/mol. The lowest BCUT2D eigenvalue weighted by Gasteiger charge is -2.08. The van der Waals surface area contributed by atoms with Crippen LogP contribution in [0.3, 0.4) is 0 Å². The molecule has 0 saturated heterocycles. The second-order valence-corrected chi connectivity index (χ2v) is 4.24. The number of hydrogen-bond acceptors (Lipinski definition) is 4. The van der Waals surface area contributed by atoms with Gasteiger partial charge in [0.2, 0.25) is 0 Å². The summed E-state index contributed by atoms with van der Waals surface area (Å²) >= 11 is 5.79. The van der Waals surface area contributed by atoms with Gasteiger partial charge in [-0.05, 0) is 24.3 Å². The third-order valence-corrected chi connectivity index (χ3v) is 2.68. The normalized spacial score (nSPS) is 10.1. The maximum atomic E-state index is 11.1. The van der Waals surface area contributed by atoms with Crippen molar-refractivity contribution in [1.29, 1.82) is 0 Å². The van der Waals surface area contributed by atoms with Crippen molar-refractivity contribution >= 4 is 23.3 Å². The maximum Gasteiger partial charge on any atom is 0.339 e. The average molecular weight is 294 g/mol. The summed E-state index contributed by atoms with van der Waals surface area (Å²) in [5, 5.41) is 19.9. The lowest BCUT2D eigenvalue weighted by molar-refractivity contribution is -0.384. The number of halogens is 1. The van der Waals surface area contributed by atoms with Crippen LogP contribution in [0, 0.1) is 10.1 Å². The lowest BCUT2D eigenvalue weighted by atomic mass is 10.2. The van der Waals surface area contributed by atoms with Crippen molar-refractivity contribution < 1.29 is 19.6 Å². The Balaban J connectivity index is 2.31. The van der Waals surface area contributed by atoms with Gasteiger partial charge in [0.25, 0.3) is 5.69 Å². The van der Waals surface area contributed by atoms with Crippen molar-refractivity contribution in [3.63, 3.8) is 0 Å². The van der Waals surface area contributed by atoms with Crippen LogP contribution < -0.4 is 4.74 Å². The standard InChI is InChI=1S/C13H8ClNO5/c14-8-1-6-11(13(16)17)12(7-8)20-10-4-2-9(3-5-10)15(18)19/h1-7H,(H,16,17). The minimum absolute atomic E-state index is 0.0484. The fourth-order valence-corrected chi connectivity index (χ4v) is 1.68. The second-order valence-electron chi connectivity index (χ2n) is 3.80. The number of carbonyl (C=O) groups is 1. The topological polar surface area (TPSA) is 89.7 Å². The summed E-state index contributed by atoms with van der Waals surface area (Å²) in [5.74, 6) is -0.808. The molecule has 0 amide bonds. The van der Waals surface area contributed by atoms with Crippen LogP contribution in [-0.4, -0.2) is 16.0 Å². The summed E-state index contributed by atoms with van der Waals surface area (Å²) in [6.07, 6.45) is 0. The number of nitro groups is 1. The van der Waals surface area contributed by atoms with Crippen molar-refractivity contribution in [3.05, 3.63) is 63.2 Å². The van der Waals surface area contributed by atoms with Crippen LogP contribution in [0.25, 0.3) is 0 Å². The summed E-state index contributed by atoms with van der Waals surface area (Å²) in [7, 11) is 0. The molecule has 0 heterocycles. The van der Waals surface area contributed by atoms with E-state index in [4.69, 9.17) is 21.4 Å². The maximum absolute atomic E-state index is 11.1. The Hall–Kier alpha value is -2.60. The highest BCUT2D eigenvalue weighted by Crippen LogP contribution is 2.29. The van der Waals surface area contributed by atoms with Crippen LogP contribution in [0.1, 0.15) is 10.4 Å². The fourth-order valence-electron chi connectivity index (χ4n) is 1.52. The quantitative estimate of drug-likeness (QED) is 0.685. The molecular formula is C13H8ClNO5. The van der Waals surface area contributed by atoms with Crippen molar-refractivity contribution in [3.8, 4) is 11.5 Å². The summed E-state index contributed by atoms with van der Waals surface area (Å²) in [4.78, 5) is 21.0. The molecule has 7 heteroatoms. The molecule has 0 saturated carbocycles. The summed E-state index contributed by atoms with van der Waals surface area (Å²) < 4.78 is 5.40. The highest BCUT2D eigenvalue weighted by Gasteiger charge is 2.13. The molecule has 0 bridgehead atoms. The molecule has 6 nitrogen and oxygen atoms in total. The Labute approximate surface area is 118 Å². The van der Waals surface area contributed by atoms with E-state index in [2.05, 4.69) is 0 Å². The zero-order valence-electron chi connectivity index (χ0n) is 9.95. The zero-order valence-corrected chi connectivity index (χ0v) is 10.7. The molecule has 0 aliphatic rings.